The van der Waals surface area contributed by atoms with Crippen molar-refractivity contribution in [2.75, 3.05) is 6.54 Å². The highest BCUT2D eigenvalue weighted by atomic mass is 16.5. The molecule has 5 nitrogen and oxygen atoms in total. The molecular formula is C14H21N3O2. The fraction of sp³-hybridized carbons (Fsp3) is 0.571. The van der Waals surface area contributed by atoms with E-state index < -0.39 is 0 Å². The van der Waals surface area contributed by atoms with Gasteiger partial charge in [-0.3, -0.25) is 0 Å². The van der Waals surface area contributed by atoms with E-state index in [1.807, 2.05) is 6.07 Å². The number of furan rings is 1. The van der Waals surface area contributed by atoms with Crippen molar-refractivity contribution in [2.24, 2.45) is 0 Å². The number of nitrogens with one attached hydrogen (secondary N) is 1. The molecule has 0 saturated carbocycles. The van der Waals surface area contributed by atoms with Gasteiger partial charge in [0.05, 0.1) is 11.8 Å². The van der Waals surface area contributed by atoms with Crippen molar-refractivity contribution in [1.29, 1.82) is 0 Å². The SMILES string of the molecule is CCCNC(CCC)Cc1nc(-c2ccoc2)no1. The van der Waals surface area contributed by atoms with Gasteiger partial charge in [-0.1, -0.05) is 25.4 Å². The second-order valence-corrected chi connectivity index (χ2v) is 4.67. The van der Waals surface area contributed by atoms with E-state index in [0.717, 1.165) is 37.8 Å². The van der Waals surface area contributed by atoms with Gasteiger partial charge >= 0.3 is 0 Å². The predicted octanol–water partition coefficient (Wildman–Crippen LogP) is 3.04. The van der Waals surface area contributed by atoms with Crippen LogP contribution in [0.2, 0.25) is 0 Å². The van der Waals surface area contributed by atoms with Crippen LogP contribution in [0.25, 0.3) is 11.4 Å². The molecule has 2 heterocycles. The van der Waals surface area contributed by atoms with Crippen LogP contribution >= 0.6 is 0 Å². The molecule has 104 valence electrons. The third-order valence-electron chi connectivity index (χ3n) is 2.99. The third-order valence-corrected chi connectivity index (χ3v) is 2.99. The summed E-state index contributed by atoms with van der Waals surface area (Å²) in [6, 6.07) is 2.23. The van der Waals surface area contributed by atoms with E-state index in [2.05, 4.69) is 29.3 Å². The van der Waals surface area contributed by atoms with Crippen molar-refractivity contribution in [2.45, 2.75) is 45.6 Å². The van der Waals surface area contributed by atoms with Crippen LogP contribution in [-0.2, 0) is 6.42 Å². The Hall–Kier alpha value is -1.62. The summed E-state index contributed by atoms with van der Waals surface area (Å²) in [6.45, 7) is 5.37. The van der Waals surface area contributed by atoms with Crippen LogP contribution in [0.4, 0.5) is 0 Å². The van der Waals surface area contributed by atoms with Crippen LogP contribution < -0.4 is 5.32 Å². The monoisotopic (exact) mass is 263 g/mol. The summed E-state index contributed by atoms with van der Waals surface area (Å²) in [5.41, 5.74) is 0.851. The topological polar surface area (TPSA) is 64.1 Å². The number of nitrogens with zero attached hydrogens (tertiary/aromatic N) is 2. The van der Waals surface area contributed by atoms with Crippen LogP contribution in [-0.4, -0.2) is 22.7 Å². The predicted molar refractivity (Wildman–Crippen MR) is 72.7 cm³/mol. The molecule has 0 saturated heterocycles. The van der Waals surface area contributed by atoms with E-state index in [4.69, 9.17) is 8.94 Å². The fourth-order valence-electron chi connectivity index (χ4n) is 2.03. The van der Waals surface area contributed by atoms with Crippen molar-refractivity contribution in [1.82, 2.24) is 15.5 Å². The second-order valence-electron chi connectivity index (χ2n) is 4.67. The smallest absolute Gasteiger partial charge is 0.228 e. The molecule has 2 aromatic rings. The lowest BCUT2D eigenvalue weighted by atomic mass is 10.1. The summed E-state index contributed by atoms with van der Waals surface area (Å²) < 4.78 is 10.3. The van der Waals surface area contributed by atoms with Gasteiger partial charge in [0, 0.05) is 12.5 Å². The van der Waals surface area contributed by atoms with Gasteiger partial charge in [0.1, 0.15) is 6.26 Å². The Morgan fingerprint density at radius 3 is 2.89 bits per heavy atom. The molecule has 0 radical (unpaired) electrons. The van der Waals surface area contributed by atoms with Crippen molar-refractivity contribution < 1.29 is 8.94 Å². The molecule has 1 unspecified atom stereocenters. The summed E-state index contributed by atoms with van der Waals surface area (Å²) in [6.07, 6.45) is 7.39. The van der Waals surface area contributed by atoms with Crippen molar-refractivity contribution in [3.05, 3.63) is 24.5 Å². The third kappa shape index (κ3) is 3.92. The fourth-order valence-corrected chi connectivity index (χ4v) is 2.03. The highest BCUT2D eigenvalue weighted by molar-refractivity contribution is 5.51. The van der Waals surface area contributed by atoms with Gasteiger partial charge in [0.2, 0.25) is 11.7 Å². The Kier molecular flexibility index (Phi) is 5.15. The van der Waals surface area contributed by atoms with Gasteiger partial charge in [0.15, 0.2) is 0 Å². The van der Waals surface area contributed by atoms with E-state index in [1.165, 1.54) is 0 Å². The van der Waals surface area contributed by atoms with E-state index in [1.54, 1.807) is 12.5 Å². The molecule has 0 amide bonds. The van der Waals surface area contributed by atoms with Crippen molar-refractivity contribution in [3.63, 3.8) is 0 Å². The van der Waals surface area contributed by atoms with E-state index in [9.17, 15) is 0 Å². The Labute approximate surface area is 113 Å². The molecule has 0 aromatic carbocycles. The Morgan fingerprint density at radius 1 is 1.32 bits per heavy atom. The molecule has 0 aliphatic carbocycles. The zero-order valence-electron chi connectivity index (χ0n) is 11.6. The Morgan fingerprint density at radius 2 is 2.21 bits per heavy atom. The normalized spacial score (nSPS) is 12.7. The zero-order chi connectivity index (χ0) is 13.5. The first-order valence-corrected chi connectivity index (χ1v) is 6.92. The summed E-state index contributed by atoms with van der Waals surface area (Å²) in [4.78, 5) is 4.41. The maximum absolute atomic E-state index is 5.30. The summed E-state index contributed by atoms with van der Waals surface area (Å²) in [7, 11) is 0. The number of rotatable bonds is 8. The molecule has 0 spiro atoms. The average Bonchev–Trinajstić information content (AvgIpc) is 3.06. The molecule has 1 atom stereocenters. The minimum Gasteiger partial charge on any atom is -0.472 e. The van der Waals surface area contributed by atoms with E-state index in [0.29, 0.717) is 17.8 Å². The summed E-state index contributed by atoms with van der Waals surface area (Å²) >= 11 is 0. The Bertz CT molecular complexity index is 465. The van der Waals surface area contributed by atoms with Crippen molar-refractivity contribution >= 4 is 0 Å². The van der Waals surface area contributed by atoms with E-state index in [-0.39, 0.29) is 0 Å². The standard InChI is InChI=1S/C14H21N3O2/c1-3-5-12(15-7-4-2)9-13-16-14(17-19-13)11-6-8-18-10-11/h6,8,10,12,15H,3-5,7,9H2,1-2H3. The quantitative estimate of drug-likeness (QED) is 0.793. The lowest BCUT2D eigenvalue weighted by molar-refractivity contribution is 0.350. The molecule has 0 aliphatic heterocycles. The number of hydrogen-bond acceptors (Lipinski definition) is 5. The minimum atomic E-state index is 0.405. The van der Waals surface area contributed by atoms with Gasteiger partial charge in [-0.25, -0.2) is 0 Å². The lowest BCUT2D eigenvalue weighted by Crippen LogP contribution is -2.31. The number of hydrogen-bond donors (Lipinski definition) is 1. The van der Waals surface area contributed by atoms with Crippen LogP contribution in [0.3, 0.4) is 0 Å². The first-order valence-electron chi connectivity index (χ1n) is 6.92. The molecule has 19 heavy (non-hydrogen) atoms. The van der Waals surface area contributed by atoms with Crippen LogP contribution in [0, 0.1) is 0 Å². The largest absolute Gasteiger partial charge is 0.472 e. The van der Waals surface area contributed by atoms with E-state index >= 15 is 0 Å². The first-order chi connectivity index (χ1) is 9.33. The van der Waals surface area contributed by atoms with Crippen LogP contribution in [0.1, 0.15) is 39.0 Å². The Balaban J connectivity index is 1.97. The maximum atomic E-state index is 5.30. The molecule has 5 heteroatoms. The molecule has 2 rings (SSSR count). The summed E-state index contributed by atoms with van der Waals surface area (Å²) in [5.74, 6) is 1.27. The maximum Gasteiger partial charge on any atom is 0.228 e. The lowest BCUT2D eigenvalue weighted by Gasteiger charge is -2.15. The minimum absolute atomic E-state index is 0.405. The highest BCUT2D eigenvalue weighted by Gasteiger charge is 2.14. The molecule has 1 N–H and O–H groups in total. The summed E-state index contributed by atoms with van der Waals surface area (Å²) in [5, 5.41) is 7.49. The first kappa shape index (κ1) is 13.8. The molecule has 0 fully saturated rings. The average molecular weight is 263 g/mol. The van der Waals surface area contributed by atoms with Gasteiger partial charge in [-0.05, 0) is 25.5 Å². The highest BCUT2D eigenvalue weighted by Crippen LogP contribution is 2.16. The molecular weight excluding hydrogens is 242 g/mol. The van der Waals surface area contributed by atoms with Crippen LogP contribution in [0.15, 0.2) is 27.5 Å². The van der Waals surface area contributed by atoms with Gasteiger partial charge < -0.3 is 14.3 Å². The molecule has 0 bridgehead atoms. The van der Waals surface area contributed by atoms with Crippen molar-refractivity contribution in [3.8, 4) is 11.4 Å². The zero-order valence-corrected chi connectivity index (χ0v) is 11.6. The van der Waals surface area contributed by atoms with Gasteiger partial charge in [-0.2, -0.15) is 4.98 Å². The second kappa shape index (κ2) is 7.09. The van der Waals surface area contributed by atoms with Gasteiger partial charge in [-0.15, -0.1) is 0 Å². The number of aromatic nitrogens is 2. The molecule has 0 aliphatic rings. The van der Waals surface area contributed by atoms with Crippen LogP contribution in [0.5, 0.6) is 0 Å². The van der Waals surface area contributed by atoms with Gasteiger partial charge in [0.25, 0.3) is 0 Å². The molecule has 2 aromatic heterocycles.